The summed E-state index contributed by atoms with van der Waals surface area (Å²) in [6.07, 6.45) is 0.118. The molecule has 28 heavy (non-hydrogen) atoms. The standard InChI is InChI=1S/C22H25N3O2S/c1-14(2)16-7-11-18(12-8-16)24-22-25(4)21(27)19(28-22)13-20(26)23-17-9-5-15(3)6-10-17/h5-12,14,19H,13H2,1-4H3,(H,23,26). The minimum absolute atomic E-state index is 0.0957. The van der Waals surface area contributed by atoms with Crippen molar-refractivity contribution in [3.63, 3.8) is 0 Å². The van der Waals surface area contributed by atoms with Crippen LogP contribution in [0.3, 0.4) is 0 Å². The molecule has 0 bridgehead atoms. The van der Waals surface area contributed by atoms with E-state index in [4.69, 9.17) is 0 Å². The number of hydrogen-bond donors (Lipinski definition) is 1. The van der Waals surface area contributed by atoms with Crippen molar-refractivity contribution < 1.29 is 9.59 Å². The maximum atomic E-state index is 12.5. The number of aryl methyl sites for hydroxylation is 1. The van der Waals surface area contributed by atoms with Crippen molar-refractivity contribution in [2.75, 3.05) is 12.4 Å². The highest BCUT2D eigenvalue weighted by molar-refractivity contribution is 8.15. The van der Waals surface area contributed by atoms with E-state index >= 15 is 0 Å². The molecule has 1 saturated heterocycles. The molecular formula is C22H25N3O2S. The minimum atomic E-state index is -0.455. The molecule has 0 spiro atoms. The molecule has 1 heterocycles. The van der Waals surface area contributed by atoms with Crippen LogP contribution in [0.25, 0.3) is 0 Å². The Bertz CT molecular complexity index is 889. The summed E-state index contributed by atoms with van der Waals surface area (Å²) >= 11 is 1.34. The van der Waals surface area contributed by atoms with Crippen LogP contribution < -0.4 is 5.32 Å². The van der Waals surface area contributed by atoms with Crippen molar-refractivity contribution in [1.29, 1.82) is 0 Å². The van der Waals surface area contributed by atoms with Crippen molar-refractivity contribution in [3.8, 4) is 0 Å². The van der Waals surface area contributed by atoms with E-state index in [1.54, 1.807) is 7.05 Å². The molecular weight excluding hydrogens is 370 g/mol. The third-order valence-corrected chi connectivity index (χ3v) is 5.86. The van der Waals surface area contributed by atoms with Gasteiger partial charge in [-0.2, -0.15) is 0 Å². The number of amides is 2. The molecule has 0 radical (unpaired) electrons. The number of hydrogen-bond acceptors (Lipinski definition) is 4. The summed E-state index contributed by atoms with van der Waals surface area (Å²) in [6, 6.07) is 15.6. The third kappa shape index (κ3) is 4.81. The minimum Gasteiger partial charge on any atom is -0.326 e. The van der Waals surface area contributed by atoms with Crippen molar-refractivity contribution >= 4 is 40.1 Å². The number of amidine groups is 1. The lowest BCUT2D eigenvalue weighted by Gasteiger charge is -2.10. The van der Waals surface area contributed by atoms with Crippen molar-refractivity contribution in [3.05, 3.63) is 59.7 Å². The van der Waals surface area contributed by atoms with Gasteiger partial charge in [-0.05, 0) is 42.7 Å². The fraction of sp³-hybridized carbons (Fsp3) is 0.318. The molecule has 5 nitrogen and oxygen atoms in total. The molecule has 1 aliphatic rings. The molecule has 1 atom stereocenters. The van der Waals surface area contributed by atoms with Gasteiger partial charge in [-0.25, -0.2) is 4.99 Å². The first-order chi connectivity index (χ1) is 13.3. The van der Waals surface area contributed by atoms with E-state index < -0.39 is 5.25 Å². The van der Waals surface area contributed by atoms with Crippen LogP contribution in [-0.2, 0) is 9.59 Å². The van der Waals surface area contributed by atoms with Crippen LogP contribution in [0, 0.1) is 6.92 Å². The fourth-order valence-corrected chi connectivity index (χ4v) is 4.01. The summed E-state index contributed by atoms with van der Waals surface area (Å²) in [5, 5.41) is 3.02. The molecule has 2 aromatic carbocycles. The van der Waals surface area contributed by atoms with Crippen molar-refractivity contribution in [2.24, 2.45) is 4.99 Å². The largest absolute Gasteiger partial charge is 0.326 e. The second-order valence-electron chi connectivity index (χ2n) is 7.26. The highest BCUT2D eigenvalue weighted by atomic mass is 32.2. The molecule has 146 valence electrons. The smallest absolute Gasteiger partial charge is 0.242 e. The fourth-order valence-electron chi connectivity index (χ4n) is 2.86. The Morgan fingerprint density at radius 2 is 1.79 bits per heavy atom. The molecule has 1 N–H and O–H groups in total. The molecule has 1 fully saturated rings. The molecule has 6 heteroatoms. The molecule has 1 aliphatic heterocycles. The second kappa shape index (κ2) is 8.61. The van der Waals surface area contributed by atoms with E-state index in [0.717, 1.165) is 16.9 Å². The van der Waals surface area contributed by atoms with E-state index in [0.29, 0.717) is 11.1 Å². The van der Waals surface area contributed by atoms with Crippen LogP contribution >= 0.6 is 11.8 Å². The van der Waals surface area contributed by atoms with Crippen molar-refractivity contribution in [1.82, 2.24) is 4.90 Å². The molecule has 0 aliphatic carbocycles. The van der Waals surface area contributed by atoms with Crippen molar-refractivity contribution in [2.45, 2.75) is 38.4 Å². The lowest BCUT2D eigenvalue weighted by atomic mass is 10.0. The summed E-state index contributed by atoms with van der Waals surface area (Å²) in [7, 11) is 1.70. The van der Waals surface area contributed by atoms with Crippen LogP contribution in [-0.4, -0.2) is 34.2 Å². The number of rotatable bonds is 5. The molecule has 1 unspecified atom stereocenters. The van der Waals surface area contributed by atoms with Crippen LogP contribution in [0.5, 0.6) is 0 Å². The Hall–Kier alpha value is -2.60. The van der Waals surface area contributed by atoms with Gasteiger partial charge in [0.25, 0.3) is 0 Å². The quantitative estimate of drug-likeness (QED) is 0.798. The molecule has 2 aromatic rings. The average molecular weight is 396 g/mol. The van der Waals surface area contributed by atoms with E-state index in [9.17, 15) is 9.59 Å². The number of thioether (sulfide) groups is 1. The van der Waals surface area contributed by atoms with Gasteiger partial charge in [-0.3, -0.25) is 14.5 Å². The van der Waals surface area contributed by atoms with Gasteiger partial charge in [-0.1, -0.05) is 55.4 Å². The molecule has 0 aromatic heterocycles. The predicted molar refractivity (Wildman–Crippen MR) is 116 cm³/mol. The van der Waals surface area contributed by atoms with Crippen LogP contribution in [0.15, 0.2) is 53.5 Å². The van der Waals surface area contributed by atoms with E-state index in [1.807, 2.05) is 43.3 Å². The topological polar surface area (TPSA) is 61.8 Å². The molecule has 0 saturated carbocycles. The number of carbonyl (C=O) groups is 2. The predicted octanol–water partition coefficient (Wildman–Crippen LogP) is 4.71. The number of benzene rings is 2. The summed E-state index contributed by atoms with van der Waals surface area (Å²) < 4.78 is 0. The van der Waals surface area contributed by atoms with E-state index in [1.165, 1.54) is 22.2 Å². The third-order valence-electron chi connectivity index (χ3n) is 4.63. The Kier molecular flexibility index (Phi) is 6.19. The maximum Gasteiger partial charge on any atom is 0.242 e. The summed E-state index contributed by atoms with van der Waals surface area (Å²) in [5.74, 6) is 0.190. The van der Waals surface area contributed by atoms with Gasteiger partial charge in [0.05, 0.1) is 5.69 Å². The van der Waals surface area contributed by atoms with Gasteiger partial charge in [0.1, 0.15) is 5.25 Å². The number of anilines is 1. The summed E-state index contributed by atoms with van der Waals surface area (Å²) in [6.45, 7) is 6.28. The molecule has 3 rings (SSSR count). The van der Waals surface area contributed by atoms with E-state index in [2.05, 4.69) is 36.3 Å². The first kappa shape index (κ1) is 20.1. The van der Waals surface area contributed by atoms with E-state index in [-0.39, 0.29) is 18.2 Å². The normalized spacial score (nSPS) is 18.2. The Morgan fingerprint density at radius 1 is 1.14 bits per heavy atom. The van der Waals surface area contributed by atoms with Gasteiger partial charge in [0, 0.05) is 19.2 Å². The SMILES string of the molecule is Cc1ccc(NC(=O)CC2SC(=Nc3ccc(C(C)C)cc3)N(C)C2=O)cc1. The number of nitrogens with one attached hydrogen (secondary N) is 1. The summed E-state index contributed by atoms with van der Waals surface area (Å²) in [4.78, 5) is 31.0. The highest BCUT2D eigenvalue weighted by Gasteiger charge is 2.37. The van der Waals surface area contributed by atoms with Gasteiger partial charge in [0.2, 0.25) is 11.8 Å². The number of carbonyl (C=O) groups excluding carboxylic acids is 2. The lowest BCUT2D eigenvalue weighted by molar-refractivity contribution is -0.127. The zero-order valence-electron chi connectivity index (χ0n) is 16.6. The first-order valence-electron chi connectivity index (χ1n) is 9.33. The first-order valence-corrected chi connectivity index (χ1v) is 10.2. The summed E-state index contributed by atoms with van der Waals surface area (Å²) in [5.41, 5.74) is 3.91. The zero-order valence-corrected chi connectivity index (χ0v) is 17.4. The highest BCUT2D eigenvalue weighted by Crippen LogP contribution is 2.31. The average Bonchev–Trinajstić information content (AvgIpc) is 2.92. The van der Waals surface area contributed by atoms with Gasteiger partial charge in [0.15, 0.2) is 5.17 Å². The van der Waals surface area contributed by atoms with Gasteiger partial charge in [-0.15, -0.1) is 0 Å². The Balaban J connectivity index is 1.65. The Morgan fingerprint density at radius 3 is 2.39 bits per heavy atom. The van der Waals surface area contributed by atoms with Gasteiger partial charge < -0.3 is 5.32 Å². The lowest BCUT2D eigenvalue weighted by Crippen LogP contribution is -2.30. The Labute approximate surface area is 170 Å². The zero-order chi connectivity index (χ0) is 20.3. The number of nitrogens with zero attached hydrogens (tertiary/aromatic N) is 2. The maximum absolute atomic E-state index is 12.5. The number of aliphatic imine (C=N–C) groups is 1. The van der Waals surface area contributed by atoms with Crippen LogP contribution in [0.1, 0.15) is 37.3 Å². The van der Waals surface area contributed by atoms with Crippen LogP contribution in [0.2, 0.25) is 0 Å². The monoisotopic (exact) mass is 395 g/mol. The van der Waals surface area contributed by atoms with Gasteiger partial charge >= 0.3 is 0 Å². The second-order valence-corrected chi connectivity index (χ2v) is 8.43. The van der Waals surface area contributed by atoms with Crippen LogP contribution in [0.4, 0.5) is 11.4 Å². The molecule has 2 amide bonds.